The molecular formula is C17H17ClN4O2. The van der Waals surface area contributed by atoms with Crippen molar-refractivity contribution in [2.45, 2.75) is 26.8 Å². The van der Waals surface area contributed by atoms with Crippen LogP contribution in [-0.4, -0.2) is 32.6 Å². The number of pyridine rings is 2. The highest BCUT2D eigenvalue weighted by molar-refractivity contribution is 6.35. The van der Waals surface area contributed by atoms with E-state index in [0.29, 0.717) is 40.5 Å². The number of carbonyl (C=O) groups is 1. The fourth-order valence-corrected chi connectivity index (χ4v) is 2.83. The third kappa shape index (κ3) is 2.73. The van der Waals surface area contributed by atoms with Crippen molar-refractivity contribution in [1.29, 1.82) is 0 Å². The molecule has 124 valence electrons. The van der Waals surface area contributed by atoms with Gasteiger partial charge in [-0.3, -0.25) is 9.48 Å². The zero-order chi connectivity index (χ0) is 17.3. The molecule has 0 N–H and O–H groups in total. The van der Waals surface area contributed by atoms with Crippen molar-refractivity contribution in [1.82, 2.24) is 19.7 Å². The number of aldehydes is 1. The molecule has 0 spiro atoms. The summed E-state index contributed by atoms with van der Waals surface area (Å²) in [6.45, 7) is 6.32. The van der Waals surface area contributed by atoms with Crippen LogP contribution in [0.2, 0.25) is 5.02 Å². The predicted molar refractivity (Wildman–Crippen MR) is 92.7 cm³/mol. The molecule has 0 aliphatic rings. The third-order valence-corrected chi connectivity index (χ3v) is 3.85. The van der Waals surface area contributed by atoms with Crippen LogP contribution in [0.1, 0.15) is 37.3 Å². The molecule has 0 radical (unpaired) electrons. The summed E-state index contributed by atoms with van der Waals surface area (Å²) in [5, 5.41) is 4.80. The number of rotatable bonds is 5. The number of hydrogen-bond acceptors (Lipinski definition) is 5. The minimum absolute atomic E-state index is 0.0590. The fraction of sp³-hybridized carbons (Fsp3) is 0.294. The maximum absolute atomic E-state index is 11.4. The van der Waals surface area contributed by atoms with Gasteiger partial charge >= 0.3 is 0 Å². The topological polar surface area (TPSA) is 69.9 Å². The Bertz CT molecular complexity index is 905. The van der Waals surface area contributed by atoms with Crippen LogP contribution in [0.5, 0.6) is 5.88 Å². The molecule has 3 aromatic rings. The Morgan fingerprint density at radius 2 is 2.21 bits per heavy atom. The number of ether oxygens (including phenoxy) is 1. The molecule has 0 fully saturated rings. The molecule has 3 heterocycles. The van der Waals surface area contributed by atoms with Gasteiger partial charge in [-0.1, -0.05) is 11.6 Å². The highest BCUT2D eigenvalue weighted by atomic mass is 35.5. The van der Waals surface area contributed by atoms with Crippen LogP contribution in [0.4, 0.5) is 0 Å². The van der Waals surface area contributed by atoms with Crippen molar-refractivity contribution in [3.05, 3.63) is 35.1 Å². The van der Waals surface area contributed by atoms with Gasteiger partial charge in [0, 0.05) is 12.2 Å². The van der Waals surface area contributed by atoms with E-state index in [9.17, 15) is 4.79 Å². The van der Waals surface area contributed by atoms with E-state index in [1.54, 1.807) is 23.0 Å². The van der Waals surface area contributed by atoms with E-state index in [0.717, 1.165) is 5.56 Å². The summed E-state index contributed by atoms with van der Waals surface area (Å²) in [4.78, 5) is 20.2. The van der Waals surface area contributed by atoms with Gasteiger partial charge in [-0.05, 0) is 39.0 Å². The van der Waals surface area contributed by atoms with Gasteiger partial charge < -0.3 is 4.74 Å². The van der Waals surface area contributed by atoms with Crippen LogP contribution in [-0.2, 0) is 0 Å². The molecule has 3 aromatic heterocycles. The molecule has 0 aliphatic heterocycles. The molecule has 0 atom stereocenters. The van der Waals surface area contributed by atoms with E-state index in [1.807, 2.05) is 26.8 Å². The SMILES string of the molecule is CCOc1ncccc1-c1cc(Cl)c2c(n1)c(C=O)nn2C(C)C. The normalized spacial score (nSPS) is 11.2. The van der Waals surface area contributed by atoms with Gasteiger partial charge in [0.2, 0.25) is 5.88 Å². The van der Waals surface area contributed by atoms with Crippen molar-refractivity contribution in [3.63, 3.8) is 0 Å². The maximum atomic E-state index is 11.4. The quantitative estimate of drug-likeness (QED) is 0.656. The Morgan fingerprint density at radius 1 is 1.42 bits per heavy atom. The second-order valence-corrected chi connectivity index (χ2v) is 5.92. The van der Waals surface area contributed by atoms with Gasteiger partial charge in [-0.15, -0.1) is 0 Å². The Balaban J connectivity index is 2.27. The first-order valence-corrected chi connectivity index (χ1v) is 8.06. The van der Waals surface area contributed by atoms with E-state index in [1.165, 1.54) is 0 Å². The van der Waals surface area contributed by atoms with Crippen LogP contribution in [0.15, 0.2) is 24.4 Å². The molecule has 0 aromatic carbocycles. The van der Waals surface area contributed by atoms with Crippen molar-refractivity contribution in [2.24, 2.45) is 0 Å². The fourth-order valence-electron chi connectivity index (χ4n) is 2.55. The lowest BCUT2D eigenvalue weighted by Gasteiger charge is -2.11. The largest absolute Gasteiger partial charge is 0.477 e. The number of hydrogen-bond donors (Lipinski definition) is 0. The number of carbonyl (C=O) groups excluding carboxylic acids is 1. The molecule has 0 bridgehead atoms. The minimum Gasteiger partial charge on any atom is -0.477 e. The Hall–Kier alpha value is -2.47. The summed E-state index contributed by atoms with van der Waals surface area (Å²) < 4.78 is 7.27. The van der Waals surface area contributed by atoms with Crippen LogP contribution in [0.3, 0.4) is 0 Å². The molecule has 3 rings (SSSR count). The first-order chi connectivity index (χ1) is 11.6. The molecule has 0 unspecified atom stereocenters. The van der Waals surface area contributed by atoms with Crippen molar-refractivity contribution < 1.29 is 9.53 Å². The Labute approximate surface area is 144 Å². The molecule has 0 amide bonds. The van der Waals surface area contributed by atoms with E-state index in [2.05, 4.69) is 15.1 Å². The molecule has 0 saturated carbocycles. The van der Waals surface area contributed by atoms with E-state index < -0.39 is 0 Å². The van der Waals surface area contributed by atoms with Crippen LogP contribution >= 0.6 is 11.6 Å². The molecule has 24 heavy (non-hydrogen) atoms. The highest BCUT2D eigenvalue weighted by Gasteiger charge is 2.19. The lowest BCUT2D eigenvalue weighted by Crippen LogP contribution is -2.03. The Kier molecular flexibility index (Phi) is 4.49. The zero-order valence-electron chi connectivity index (χ0n) is 13.7. The molecule has 7 heteroatoms. The number of fused-ring (bicyclic) bond motifs is 1. The summed E-state index contributed by atoms with van der Waals surface area (Å²) in [7, 11) is 0. The monoisotopic (exact) mass is 344 g/mol. The zero-order valence-corrected chi connectivity index (χ0v) is 14.4. The van der Waals surface area contributed by atoms with E-state index >= 15 is 0 Å². The average molecular weight is 345 g/mol. The second-order valence-electron chi connectivity index (χ2n) is 5.52. The van der Waals surface area contributed by atoms with E-state index in [4.69, 9.17) is 16.3 Å². The lowest BCUT2D eigenvalue weighted by atomic mass is 10.1. The standard InChI is InChI=1S/C17H17ClN4O2/c1-4-24-17-11(6-5-7-19-17)13-8-12(18)16-15(20-13)14(9-23)21-22(16)10(2)3/h5-10H,4H2,1-3H3. The van der Waals surface area contributed by atoms with Gasteiger partial charge in [0.25, 0.3) is 0 Å². The van der Waals surface area contributed by atoms with E-state index in [-0.39, 0.29) is 11.7 Å². The maximum Gasteiger partial charge on any atom is 0.222 e. The minimum atomic E-state index is 0.0590. The summed E-state index contributed by atoms with van der Waals surface area (Å²) in [5.74, 6) is 0.479. The molecule has 0 saturated heterocycles. The van der Waals surface area contributed by atoms with Crippen molar-refractivity contribution >= 4 is 28.9 Å². The van der Waals surface area contributed by atoms with Crippen molar-refractivity contribution in [2.75, 3.05) is 6.61 Å². The number of nitrogens with zero attached hydrogens (tertiary/aromatic N) is 4. The first kappa shape index (κ1) is 16.4. The van der Waals surface area contributed by atoms with Crippen LogP contribution in [0.25, 0.3) is 22.3 Å². The van der Waals surface area contributed by atoms with Gasteiger partial charge in [-0.2, -0.15) is 5.10 Å². The second kappa shape index (κ2) is 6.57. The predicted octanol–water partition coefficient (Wildman–Crippen LogP) is 3.94. The molecule has 6 nitrogen and oxygen atoms in total. The van der Waals surface area contributed by atoms with Crippen molar-refractivity contribution in [3.8, 4) is 17.1 Å². The van der Waals surface area contributed by atoms with Crippen LogP contribution < -0.4 is 4.74 Å². The Morgan fingerprint density at radius 3 is 2.88 bits per heavy atom. The summed E-state index contributed by atoms with van der Waals surface area (Å²) >= 11 is 6.48. The number of aromatic nitrogens is 4. The highest BCUT2D eigenvalue weighted by Crippen LogP contribution is 2.33. The number of halogens is 1. The van der Waals surface area contributed by atoms with Crippen LogP contribution in [0, 0.1) is 0 Å². The summed E-state index contributed by atoms with van der Waals surface area (Å²) in [6, 6.07) is 5.47. The summed E-state index contributed by atoms with van der Waals surface area (Å²) in [6.07, 6.45) is 2.35. The van der Waals surface area contributed by atoms with Gasteiger partial charge in [0.1, 0.15) is 11.0 Å². The summed E-state index contributed by atoms with van der Waals surface area (Å²) in [5.41, 5.74) is 2.71. The first-order valence-electron chi connectivity index (χ1n) is 7.69. The molecular weight excluding hydrogens is 328 g/mol. The smallest absolute Gasteiger partial charge is 0.222 e. The lowest BCUT2D eigenvalue weighted by molar-refractivity contribution is 0.111. The van der Waals surface area contributed by atoms with Gasteiger partial charge in [-0.25, -0.2) is 9.97 Å². The molecule has 0 aliphatic carbocycles. The van der Waals surface area contributed by atoms with Gasteiger partial charge in [0.05, 0.1) is 22.9 Å². The average Bonchev–Trinajstić information content (AvgIpc) is 2.95. The van der Waals surface area contributed by atoms with Gasteiger partial charge in [0.15, 0.2) is 12.0 Å². The third-order valence-electron chi connectivity index (χ3n) is 3.56.